The Labute approximate surface area is 102 Å². The van der Waals surface area contributed by atoms with Crippen molar-refractivity contribution in [1.29, 1.82) is 0 Å². The lowest BCUT2D eigenvalue weighted by Gasteiger charge is -2.35. The van der Waals surface area contributed by atoms with Crippen LogP contribution in [0.1, 0.15) is 41.0 Å². The Kier molecular flexibility index (Phi) is 3.86. The molecule has 1 N–H and O–H groups in total. The van der Waals surface area contributed by atoms with E-state index in [-0.39, 0.29) is 5.54 Å². The van der Waals surface area contributed by atoms with Crippen molar-refractivity contribution in [2.24, 2.45) is 5.92 Å². The maximum atomic E-state index is 3.86. The van der Waals surface area contributed by atoms with Gasteiger partial charge in [0.15, 0.2) is 0 Å². The monoisotopic (exact) mass is 237 g/mol. The maximum Gasteiger partial charge on any atom is 0.148 e. The molecule has 0 radical (unpaired) electrons. The molecule has 0 unspecified atom stereocenters. The molecule has 1 aliphatic carbocycles. The predicted molar refractivity (Wildman–Crippen MR) is 76.0 cm³/mol. The van der Waals surface area contributed by atoms with Crippen LogP contribution in [0.15, 0.2) is 22.9 Å². The van der Waals surface area contributed by atoms with Crippen molar-refractivity contribution in [3.63, 3.8) is 0 Å². The molecule has 0 amide bonds. The Hall–Kier alpha value is -0.343. The molecule has 0 atom stereocenters. The van der Waals surface area contributed by atoms with Gasteiger partial charge in [0.1, 0.15) is 8.24 Å². The molecule has 16 heavy (non-hydrogen) atoms. The molecule has 0 aromatic heterocycles. The van der Waals surface area contributed by atoms with Crippen LogP contribution in [0.5, 0.6) is 0 Å². The normalized spacial score (nSPS) is 17.8. The van der Waals surface area contributed by atoms with Crippen LogP contribution < -0.4 is 4.98 Å². The van der Waals surface area contributed by atoms with Crippen LogP contribution in [-0.2, 0) is 0 Å². The van der Waals surface area contributed by atoms with E-state index >= 15 is 0 Å². The van der Waals surface area contributed by atoms with Gasteiger partial charge in [-0.15, -0.1) is 0 Å². The average Bonchev–Trinajstić information content (AvgIpc) is 2.45. The van der Waals surface area contributed by atoms with Crippen molar-refractivity contribution in [3.05, 3.63) is 22.9 Å². The zero-order chi connectivity index (χ0) is 12.6. The van der Waals surface area contributed by atoms with Crippen LogP contribution in [0.2, 0.25) is 13.1 Å². The topological polar surface area (TPSA) is 12.0 Å². The van der Waals surface area contributed by atoms with Crippen LogP contribution in [0.25, 0.3) is 0 Å². The van der Waals surface area contributed by atoms with E-state index in [1.54, 1.807) is 10.8 Å². The molecule has 2 heteroatoms. The SMILES string of the molecule is CC(C)C1=C([Si](C)(C)NC(C)(C)C)CC=C1. The lowest BCUT2D eigenvalue weighted by atomic mass is 10.1. The molecule has 0 bridgehead atoms. The molecule has 92 valence electrons. The molecule has 0 saturated carbocycles. The van der Waals surface area contributed by atoms with Crippen molar-refractivity contribution in [1.82, 2.24) is 4.98 Å². The number of hydrogen-bond acceptors (Lipinski definition) is 1. The molecule has 0 heterocycles. The molecule has 0 aliphatic heterocycles. The van der Waals surface area contributed by atoms with Gasteiger partial charge < -0.3 is 4.98 Å². The van der Waals surface area contributed by atoms with Gasteiger partial charge >= 0.3 is 0 Å². The molecule has 0 fully saturated rings. The van der Waals surface area contributed by atoms with E-state index in [1.165, 1.54) is 0 Å². The minimum absolute atomic E-state index is 0.216. The first kappa shape index (κ1) is 13.7. The van der Waals surface area contributed by atoms with Gasteiger partial charge in [0, 0.05) is 5.54 Å². The summed E-state index contributed by atoms with van der Waals surface area (Å²) in [6.07, 6.45) is 5.82. The number of nitrogens with one attached hydrogen (secondary N) is 1. The predicted octanol–water partition coefficient (Wildman–Crippen LogP) is 4.03. The van der Waals surface area contributed by atoms with E-state index in [0.29, 0.717) is 5.92 Å². The van der Waals surface area contributed by atoms with Crippen LogP contribution in [0, 0.1) is 5.92 Å². The Morgan fingerprint density at radius 3 is 2.25 bits per heavy atom. The highest BCUT2D eigenvalue weighted by Gasteiger charge is 2.33. The number of allylic oxidation sites excluding steroid dienone is 4. The fraction of sp³-hybridized carbons (Fsp3) is 0.714. The first-order valence-electron chi connectivity index (χ1n) is 6.33. The van der Waals surface area contributed by atoms with Crippen LogP contribution in [-0.4, -0.2) is 13.8 Å². The van der Waals surface area contributed by atoms with Gasteiger partial charge in [-0.1, -0.05) is 44.3 Å². The fourth-order valence-electron chi connectivity index (χ4n) is 2.69. The third-order valence-corrected chi connectivity index (χ3v) is 6.41. The van der Waals surface area contributed by atoms with E-state index < -0.39 is 8.24 Å². The van der Waals surface area contributed by atoms with Gasteiger partial charge in [-0.3, -0.25) is 0 Å². The molecular weight excluding hydrogens is 210 g/mol. The van der Waals surface area contributed by atoms with Gasteiger partial charge in [-0.05, 0) is 38.7 Å². The van der Waals surface area contributed by atoms with Crippen molar-refractivity contribution in [3.8, 4) is 0 Å². The molecule has 1 nitrogen and oxygen atoms in total. The maximum absolute atomic E-state index is 3.86. The highest BCUT2D eigenvalue weighted by atomic mass is 28.3. The Morgan fingerprint density at radius 1 is 1.25 bits per heavy atom. The Bertz CT molecular complexity index is 316. The van der Waals surface area contributed by atoms with Gasteiger partial charge in [0.2, 0.25) is 0 Å². The summed E-state index contributed by atoms with van der Waals surface area (Å²) in [5.41, 5.74) is 1.79. The largest absolute Gasteiger partial charge is 0.329 e. The van der Waals surface area contributed by atoms with Crippen LogP contribution in [0.3, 0.4) is 0 Å². The summed E-state index contributed by atoms with van der Waals surface area (Å²) in [6.45, 7) is 16.3. The summed E-state index contributed by atoms with van der Waals surface area (Å²) in [6, 6.07) is 0. The summed E-state index contributed by atoms with van der Waals surface area (Å²) in [4.78, 5) is 3.86. The minimum atomic E-state index is -1.46. The molecule has 0 spiro atoms. The lowest BCUT2D eigenvalue weighted by molar-refractivity contribution is 0.513. The molecule has 0 saturated heterocycles. The fourth-order valence-corrected chi connectivity index (χ4v) is 6.44. The first-order valence-corrected chi connectivity index (χ1v) is 9.33. The Morgan fingerprint density at radius 2 is 1.81 bits per heavy atom. The zero-order valence-corrected chi connectivity index (χ0v) is 12.9. The van der Waals surface area contributed by atoms with Gasteiger partial charge in [0.25, 0.3) is 0 Å². The average molecular weight is 237 g/mol. The van der Waals surface area contributed by atoms with E-state index in [9.17, 15) is 0 Å². The highest BCUT2D eigenvalue weighted by Crippen LogP contribution is 2.31. The van der Waals surface area contributed by atoms with Crippen LogP contribution in [0.4, 0.5) is 0 Å². The van der Waals surface area contributed by atoms with E-state index in [4.69, 9.17) is 0 Å². The summed E-state index contributed by atoms with van der Waals surface area (Å²) in [7, 11) is -1.46. The zero-order valence-electron chi connectivity index (χ0n) is 11.9. The minimum Gasteiger partial charge on any atom is -0.329 e. The summed E-state index contributed by atoms with van der Waals surface area (Å²) >= 11 is 0. The molecule has 1 rings (SSSR count). The molecule has 0 aromatic carbocycles. The van der Waals surface area contributed by atoms with Crippen molar-refractivity contribution in [2.75, 3.05) is 0 Å². The Balaban J connectivity index is 2.96. The summed E-state index contributed by atoms with van der Waals surface area (Å²) in [5, 5.41) is 1.69. The van der Waals surface area contributed by atoms with Gasteiger partial charge in [-0.2, -0.15) is 0 Å². The summed E-state index contributed by atoms with van der Waals surface area (Å²) < 4.78 is 0. The second-order valence-corrected chi connectivity index (χ2v) is 10.8. The van der Waals surface area contributed by atoms with E-state index in [2.05, 4.69) is 64.8 Å². The standard InChI is InChI=1S/C14H27NSi/c1-11(2)12-9-8-10-13(12)16(6,7)15-14(3,4)5/h8-9,11,15H,10H2,1-7H3. The molecule has 1 aliphatic rings. The van der Waals surface area contributed by atoms with E-state index in [0.717, 1.165) is 6.42 Å². The van der Waals surface area contributed by atoms with Gasteiger partial charge in [0.05, 0.1) is 0 Å². The summed E-state index contributed by atoms with van der Waals surface area (Å²) in [5.74, 6) is 0.655. The highest BCUT2D eigenvalue weighted by molar-refractivity contribution is 6.82. The second kappa shape index (κ2) is 4.50. The second-order valence-electron chi connectivity index (χ2n) is 6.70. The quantitative estimate of drug-likeness (QED) is 0.731. The molecule has 0 aromatic rings. The van der Waals surface area contributed by atoms with E-state index in [1.807, 2.05) is 0 Å². The smallest absolute Gasteiger partial charge is 0.148 e. The third-order valence-electron chi connectivity index (χ3n) is 3.03. The lowest BCUT2D eigenvalue weighted by Crippen LogP contribution is -2.55. The van der Waals surface area contributed by atoms with Gasteiger partial charge in [-0.25, -0.2) is 0 Å². The third kappa shape index (κ3) is 3.32. The number of hydrogen-bond donors (Lipinski definition) is 1. The van der Waals surface area contributed by atoms with Crippen molar-refractivity contribution in [2.45, 2.75) is 59.7 Å². The van der Waals surface area contributed by atoms with Crippen LogP contribution >= 0.6 is 0 Å². The van der Waals surface area contributed by atoms with Crippen molar-refractivity contribution >= 4 is 8.24 Å². The first-order chi connectivity index (χ1) is 7.13. The number of rotatable bonds is 3. The molecular formula is C14H27NSi. The van der Waals surface area contributed by atoms with Crippen molar-refractivity contribution < 1.29 is 0 Å².